The monoisotopic (exact) mass is 335 g/mol. The van der Waals surface area contributed by atoms with Crippen molar-refractivity contribution in [2.24, 2.45) is 0 Å². The molecule has 86 valence electrons. The SMILES string of the molecule is CN(CC(=O)O)C(=O)c1cc(I)ccc1O. The van der Waals surface area contributed by atoms with Gasteiger partial charge >= 0.3 is 5.97 Å². The van der Waals surface area contributed by atoms with Crippen LogP contribution in [0.25, 0.3) is 0 Å². The van der Waals surface area contributed by atoms with Crippen molar-refractivity contribution >= 4 is 34.5 Å². The zero-order valence-electron chi connectivity index (χ0n) is 8.48. The highest BCUT2D eigenvalue weighted by molar-refractivity contribution is 14.1. The Hall–Kier alpha value is -1.31. The number of halogens is 1. The van der Waals surface area contributed by atoms with E-state index in [1.54, 1.807) is 6.07 Å². The maximum absolute atomic E-state index is 11.8. The average molecular weight is 335 g/mol. The Labute approximate surface area is 106 Å². The number of hydrogen-bond acceptors (Lipinski definition) is 3. The summed E-state index contributed by atoms with van der Waals surface area (Å²) in [5, 5.41) is 18.0. The Morgan fingerprint density at radius 2 is 2.06 bits per heavy atom. The zero-order chi connectivity index (χ0) is 12.3. The minimum Gasteiger partial charge on any atom is -0.507 e. The van der Waals surface area contributed by atoms with Crippen molar-refractivity contribution in [3.05, 3.63) is 27.3 Å². The molecule has 0 spiro atoms. The number of hydrogen-bond donors (Lipinski definition) is 2. The maximum atomic E-state index is 11.8. The van der Waals surface area contributed by atoms with Crippen LogP contribution >= 0.6 is 22.6 Å². The van der Waals surface area contributed by atoms with E-state index in [1.165, 1.54) is 19.2 Å². The Balaban J connectivity index is 2.95. The average Bonchev–Trinajstić information content (AvgIpc) is 2.19. The first-order valence-corrected chi connectivity index (χ1v) is 5.45. The lowest BCUT2D eigenvalue weighted by Gasteiger charge is -2.15. The Bertz CT molecular complexity index is 433. The summed E-state index contributed by atoms with van der Waals surface area (Å²) in [4.78, 5) is 23.2. The van der Waals surface area contributed by atoms with Gasteiger partial charge < -0.3 is 15.1 Å². The molecule has 0 saturated heterocycles. The molecule has 0 saturated carbocycles. The fraction of sp³-hybridized carbons (Fsp3) is 0.200. The van der Waals surface area contributed by atoms with E-state index in [4.69, 9.17) is 5.11 Å². The van der Waals surface area contributed by atoms with Gasteiger partial charge in [0.15, 0.2) is 0 Å². The normalized spacial score (nSPS) is 9.88. The molecule has 1 rings (SSSR count). The molecule has 0 aromatic heterocycles. The first kappa shape index (κ1) is 12.8. The van der Waals surface area contributed by atoms with Crippen molar-refractivity contribution in [3.8, 4) is 5.75 Å². The molecular formula is C10H10INO4. The van der Waals surface area contributed by atoms with Gasteiger partial charge in [-0.15, -0.1) is 0 Å². The third kappa shape index (κ3) is 3.09. The predicted molar refractivity (Wildman–Crippen MR) is 65.4 cm³/mol. The van der Waals surface area contributed by atoms with Gasteiger partial charge in [-0.3, -0.25) is 9.59 Å². The van der Waals surface area contributed by atoms with Crippen LogP contribution in [0.5, 0.6) is 5.75 Å². The molecule has 2 N–H and O–H groups in total. The second kappa shape index (κ2) is 5.15. The number of rotatable bonds is 3. The van der Waals surface area contributed by atoms with E-state index in [0.717, 1.165) is 8.47 Å². The summed E-state index contributed by atoms with van der Waals surface area (Å²) in [6.07, 6.45) is 0. The van der Waals surface area contributed by atoms with Gasteiger partial charge in [-0.1, -0.05) is 0 Å². The molecule has 0 radical (unpaired) electrons. The molecule has 6 heteroatoms. The van der Waals surface area contributed by atoms with Crippen molar-refractivity contribution in [3.63, 3.8) is 0 Å². The summed E-state index contributed by atoms with van der Waals surface area (Å²) in [5.41, 5.74) is 0.107. The lowest BCUT2D eigenvalue weighted by molar-refractivity contribution is -0.137. The van der Waals surface area contributed by atoms with Crippen molar-refractivity contribution in [1.82, 2.24) is 4.90 Å². The van der Waals surface area contributed by atoms with Crippen LogP contribution in [0.3, 0.4) is 0 Å². The number of aromatic hydroxyl groups is 1. The smallest absolute Gasteiger partial charge is 0.323 e. The third-order valence-electron chi connectivity index (χ3n) is 1.91. The number of phenols is 1. The molecule has 1 aromatic rings. The van der Waals surface area contributed by atoms with Crippen LogP contribution in [0, 0.1) is 3.57 Å². The van der Waals surface area contributed by atoms with Crippen molar-refractivity contribution in [2.75, 3.05) is 13.6 Å². The number of phenolic OH excluding ortho intramolecular Hbond substituents is 1. The molecule has 1 aromatic carbocycles. The standard InChI is InChI=1S/C10H10INO4/c1-12(5-9(14)15)10(16)7-4-6(11)2-3-8(7)13/h2-4,13H,5H2,1H3,(H,14,15). The molecule has 1 amide bonds. The molecule has 0 atom stereocenters. The highest BCUT2D eigenvalue weighted by Gasteiger charge is 2.17. The highest BCUT2D eigenvalue weighted by Crippen LogP contribution is 2.20. The predicted octanol–water partition coefficient (Wildman–Crippen LogP) is 1.15. The topological polar surface area (TPSA) is 77.8 Å². The second-order valence-corrected chi connectivity index (χ2v) is 4.46. The molecule has 0 aliphatic heterocycles. The van der Waals surface area contributed by atoms with Crippen molar-refractivity contribution in [1.29, 1.82) is 0 Å². The molecule has 5 nitrogen and oxygen atoms in total. The molecule has 0 unspecified atom stereocenters. The molecule has 0 aliphatic carbocycles. The molecule has 16 heavy (non-hydrogen) atoms. The maximum Gasteiger partial charge on any atom is 0.323 e. The summed E-state index contributed by atoms with van der Waals surface area (Å²) >= 11 is 2.01. The van der Waals surface area contributed by atoms with Gasteiger partial charge in [-0.2, -0.15) is 0 Å². The first-order chi connectivity index (χ1) is 7.41. The summed E-state index contributed by atoms with van der Waals surface area (Å²) in [5.74, 6) is -1.76. The molecule has 0 fully saturated rings. The summed E-state index contributed by atoms with van der Waals surface area (Å²) in [6.45, 7) is -0.399. The summed E-state index contributed by atoms with van der Waals surface area (Å²) < 4.78 is 0.794. The first-order valence-electron chi connectivity index (χ1n) is 4.37. The number of aliphatic carboxylic acids is 1. The number of benzene rings is 1. The van der Waals surface area contributed by atoms with Crippen molar-refractivity contribution in [2.45, 2.75) is 0 Å². The molecule has 0 heterocycles. The van der Waals surface area contributed by atoms with Gasteiger partial charge in [-0.05, 0) is 40.8 Å². The number of carbonyl (C=O) groups is 2. The second-order valence-electron chi connectivity index (χ2n) is 3.22. The molecule has 0 bridgehead atoms. The van der Waals surface area contributed by atoms with Gasteiger partial charge in [0.1, 0.15) is 12.3 Å². The van der Waals surface area contributed by atoms with Gasteiger partial charge in [0.05, 0.1) is 5.56 Å². The molecule has 0 aliphatic rings. The van der Waals surface area contributed by atoms with E-state index in [9.17, 15) is 14.7 Å². The lowest BCUT2D eigenvalue weighted by Crippen LogP contribution is -2.32. The number of amides is 1. The Morgan fingerprint density at radius 1 is 1.44 bits per heavy atom. The largest absolute Gasteiger partial charge is 0.507 e. The summed E-state index contributed by atoms with van der Waals surface area (Å²) in [6, 6.07) is 4.57. The minimum absolute atomic E-state index is 0.107. The summed E-state index contributed by atoms with van der Waals surface area (Å²) in [7, 11) is 1.37. The quantitative estimate of drug-likeness (QED) is 0.813. The number of carboxylic acids is 1. The lowest BCUT2D eigenvalue weighted by atomic mass is 10.2. The Morgan fingerprint density at radius 3 is 2.62 bits per heavy atom. The number of carboxylic acid groups (broad SMARTS) is 1. The molecular weight excluding hydrogens is 325 g/mol. The van der Waals surface area contributed by atoms with Crippen LogP contribution in [0.1, 0.15) is 10.4 Å². The van der Waals surface area contributed by atoms with Gasteiger partial charge in [0, 0.05) is 10.6 Å². The number of nitrogens with zero attached hydrogens (tertiary/aromatic N) is 1. The zero-order valence-corrected chi connectivity index (χ0v) is 10.6. The number of carbonyl (C=O) groups excluding carboxylic acids is 1. The van der Waals surface area contributed by atoms with Crippen LogP contribution in [0.2, 0.25) is 0 Å². The van der Waals surface area contributed by atoms with Crippen LogP contribution in [-0.2, 0) is 4.79 Å². The van der Waals surface area contributed by atoms with E-state index < -0.39 is 18.4 Å². The third-order valence-corrected chi connectivity index (χ3v) is 2.58. The Kier molecular flexibility index (Phi) is 4.11. The van der Waals surface area contributed by atoms with E-state index >= 15 is 0 Å². The van der Waals surface area contributed by atoms with Crippen LogP contribution in [0.15, 0.2) is 18.2 Å². The fourth-order valence-electron chi connectivity index (χ4n) is 1.16. The minimum atomic E-state index is -1.10. The van der Waals surface area contributed by atoms with E-state index in [-0.39, 0.29) is 11.3 Å². The van der Waals surface area contributed by atoms with E-state index in [0.29, 0.717) is 0 Å². The fourth-order valence-corrected chi connectivity index (χ4v) is 1.65. The van der Waals surface area contributed by atoms with Crippen LogP contribution in [0.4, 0.5) is 0 Å². The van der Waals surface area contributed by atoms with E-state index in [1.807, 2.05) is 22.6 Å². The van der Waals surface area contributed by atoms with Crippen LogP contribution < -0.4 is 0 Å². The highest BCUT2D eigenvalue weighted by atomic mass is 127. The van der Waals surface area contributed by atoms with Crippen LogP contribution in [-0.4, -0.2) is 40.6 Å². The number of likely N-dealkylation sites (N-methyl/N-ethyl adjacent to an activating group) is 1. The van der Waals surface area contributed by atoms with Gasteiger partial charge in [0.2, 0.25) is 0 Å². The van der Waals surface area contributed by atoms with Gasteiger partial charge in [0.25, 0.3) is 5.91 Å². The van der Waals surface area contributed by atoms with E-state index in [2.05, 4.69) is 0 Å². The van der Waals surface area contributed by atoms with Crippen molar-refractivity contribution < 1.29 is 19.8 Å². The van der Waals surface area contributed by atoms with Gasteiger partial charge in [-0.25, -0.2) is 0 Å².